The van der Waals surface area contributed by atoms with E-state index in [2.05, 4.69) is 21.9 Å². The summed E-state index contributed by atoms with van der Waals surface area (Å²) in [6.45, 7) is 10.2. The van der Waals surface area contributed by atoms with Crippen molar-refractivity contribution in [1.82, 2.24) is 9.80 Å². The van der Waals surface area contributed by atoms with Gasteiger partial charge in [-0.3, -0.25) is 14.6 Å². The Kier molecular flexibility index (Phi) is 9.44. The highest BCUT2D eigenvalue weighted by Gasteiger charge is 2.34. The molecule has 1 aliphatic rings. The van der Waals surface area contributed by atoms with Crippen molar-refractivity contribution in [2.24, 2.45) is 4.99 Å². The molecule has 1 saturated heterocycles. The van der Waals surface area contributed by atoms with Crippen LogP contribution in [0.5, 0.6) is 0 Å². The second-order valence-corrected chi connectivity index (χ2v) is 11.2. The summed E-state index contributed by atoms with van der Waals surface area (Å²) in [7, 11) is 0. The molecule has 39 heavy (non-hydrogen) atoms. The number of rotatable bonds is 10. The predicted molar refractivity (Wildman–Crippen MR) is 161 cm³/mol. The summed E-state index contributed by atoms with van der Waals surface area (Å²) in [5.41, 5.74) is 3.54. The van der Waals surface area contributed by atoms with Crippen LogP contribution in [0.1, 0.15) is 38.7 Å². The normalized spacial score (nSPS) is 13.7. The first kappa shape index (κ1) is 28.8. The fourth-order valence-corrected chi connectivity index (χ4v) is 5.50. The summed E-state index contributed by atoms with van der Waals surface area (Å²) in [5, 5.41) is 3.69. The van der Waals surface area contributed by atoms with E-state index in [1.54, 1.807) is 23.1 Å². The van der Waals surface area contributed by atoms with E-state index in [-0.39, 0.29) is 18.4 Å². The number of carbonyl (C=O) groups excluding carboxylic acids is 2. The molecule has 0 bridgehead atoms. The van der Waals surface area contributed by atoms with Gasteiger partial charge in [-0.2, -0.15) is 0 Å². The van der Waals surface area contributed by atoms with Gasteiger partial charge in [-0.25, -0.2) is 0 Å². The van der Waals surface area contributed by atoms with Gasteiger partial charge in [0.05, 0.1) is 11.2 Å². The topological polar surface area (TPSA) is 65.0 Å². The molecule has 4 rings (SSSR count). The molecule has 0 atom stereocenters. The van der Waals surface area contributed by atoms with Crippen molar-refractivity contribution in [1.29, 1.82) is 0 Å². The Bertz CT molecular complexity index is 1310. The summed E-state index contributed by atoms with van der Waals surface area (Å²) >= 11 is 12.2. The van der Waals surface area contributed by atoms with Crippen molar-refractivity contribution >= 4 is 53.1 Å². The summed E-state index contributed by atoms with van der Waals surface area (Å²) in [5.74, 6) is -0.388. The number of nitrogens with zero attached hydrogens (tertiary/aromatic N) is 3. The minimum atomic E-state index is -0.742. The number of nitrogens with one attached hydrogen (secondary N) is 1. The first-order chi connectivity index (χ1) is 18.7. The lowest BCUT2D eigenvalue weighted by Crippen LogP contribution is -2.49. The largest absolute Gasteiger partial charge is 0.324 e. The predicted octanol–water partition coefficient (Wildman–Crippen LogP) is 7.18. The number of hydrogen-bond donors (Lipinski definition) is 1. The molecule has 1 N–H and O–H groups in total. The maximum Gasteiger partial charge on any atom is 0.244 e. The third-order valence-electron chi connectivity index (χ3n) is 7.22. The number of likely N-dealkylation sites (tertiary alicyclic amines) is 1. The summed E-state index contributed by atoms with van der Waals surface area (Å²) in [4.78, 5) is 34.8. The van der Waals surface area contributed by atoms with Crippen LogP contribution in [0.4, 0.5) is 11.4 Å². The molecule has 3 aromatic carbocycles. The molecule has 0 saturated carbocycles. The maximum absolute atomic E-state index is 13.6. The Balaban J connectivity index is 1.56. The number of benzene rings is 3. The Morgan fingerprint density at radius 2 is 1.64 bits per heavy atom. The molecule has 0 aromatic heterocycles. The average molecular weight is 566 g/mol. The van der Waals surface area contributed by atoms with Crippen molar-refractivity contribution < 1.29 is 9.59 Å². The van der Waals surface area contributed by atoms with Crippen molar-refractivity contribution in [3.8, 4) is 11.1 Å². The Morgan fingerprint density at radius 3 is 2.28 bits per heavy atom. The van der Waals surface area contributed by atoms with Gasteiger partial charge in [0.1, 0.15) is 6.54 Å². The number of anilines is 1. The second-order valence-electron chi connectivity index (χ2n) is 10.3. The summed E-state index contributed by atoms with van der Waals surface area (Å²) in [6, 6.07) is 20.8. The van der Waals surface area contributed by atoms with E-state index in [0.717, 1.165) is 48.3 Å². The fourth-order valence-electron chi connectivity index (χ4n) is 4.97. The number of carbonyl (C=O) groups is 2. The van der Waals surface area contributed by atoms with Crippen molar-refractivity contribution in [2.45, 2.75) is 38.6 Å². The van der Waals surface area contributed by atoms with Crippen LogP contribution in [0.3, 0.4) is 0 Å². The lowest BCUT2D eigenvalue weighted by molar-refractivity contribution is -0.140. The van der Waals surface area contributed by atoms with Gasteiger partial charge in [-0.15, -0.1) is 0 Å². The van der Waals surface area contributed by atoms with Crippen LogP contribution in [0.25, 0.3) is 11.1 Å². The smallest absolute Gasteiger partial charge is 0.244 e. The highest BCUT2D eigenvalue weighted by molar-refractivity contribution is 6.35. The number of amides is 2. The number of aliphatic imine (C=N–C) groups is 1. The van der Waals surface area contributed by atoms with E-state index in [9.17, 15) is 9.59 Å². The molecule has 2 amide bonds. The standard InChI is InChI=1S/C31H34Cl2N4O2/c1-31(2,24-11-9-22(10-12-24)23-7-6-8-27(17-23)34-3)37(30(39)13-16-36-14-4-5-15-36)21-29(38)35-28-19-25(32)18-26(33)20-28/h6-12,17-20H,3-5,13-16,21H2,1-2H3,(H,35,38). The van der Waals surface area contributed by atoms with E-state index >= 15 is 0 Å². The minimum absolute atomic E-state index is 0.0694. The first-order valence-corrected chi connectivity index (χ1v) is 13.9. The quantitative estimate of drug-likeness (QED) is 0.265. The lowest BCUT2D eigenvalue weighted by atomic mass is 9.90. The Morgan fingerprint density at radius 1 is 0.974 bits per heavy atom. The van der Waals surface area contributed by atoms with Crippen LogP contribution in [0.2, 0.25) is 10.0 Å². The van der Waals surface area contributed by atoms with Crippen LogP contribution in [0.15, 0.2) is 71.7 Å². The van der Waals surface area contributed by atoms with E-state index in [0.29, 0.717) is 28.7 Å². The zero-order chi connectivity index (χ0) is 28.0. The minimum Gasteiger partial charge on any atom is -0.324 e. The molecule has 204 valence electrons. The van der Waals surface area contributed by atoms with E-state index in [1.165, 1.54) is 0 Å². The van der Waals surface area contributed by atoms with Crippen LogP contribution in [-0.2, 0) is 15.1 Å². The van der Waals surface area contributed by atoms with E-state index in [1.807, 2.05) is 62.4 Å². The maximum atomic E-state index is 13.6. The zero-order valence-corrected chi connectivity index (χ0v) is 23.9. The van der Waals surface area contributed by atoms with Crippen LogP contribution in [-0.4, -0.2) is 54.5 Å². The molecule has 0 aliphatic carbocycles. The third-order valence-corrected chi connectivity index (χ3v) is 7.65. The van der Waals surface area contributed by atoms with Crippen LogP contribution in [0, 0.1) is 0 Å². The van der Waals surface area contributed by atoms with E-state index < -0.39 is 5.54 Å². The van der Waals surface area contributed by atoms with Gasteiger partial charge >= 0.3 is 0 Å². The van der Waals surface area contributed by atoms with Crippen molar-refractivity contribution in [2.75, 3.05) is 31.5 Å². The Hall–Kier alpha value is -3.19. The van der Waals surface area contributed by atoms with Crippen molar-refractivity contribution in [3.05, 3.63) is 82.3 Å². The van der Waals surface area contributed by atoms with Crippen molar-refractivity contribution in [3.63, 3.8) is 0 Å². The highest BCUT2D eigenvalue weighted by atomic mass is 35.5. The molecule has 1 heterocycles. The van der Waals surface area contributed by atoms with Gasteiger partial charge in [0.2, 0.25) is 11.8 Å². The monoisotopic (exact) mass is 564 g/mol. The highest BCUT2D eigenvalue weighted by Crippen LogP contribution is 2.32. The van der Waals surface area contributed by atoms with Gasteiger partial charge < -0.3 is 15.1 Å². The summed E-state index contributed by atoms with van der Waals surface area (Å²) < 4.78 is 0. The van der Waals surface area contributed by atoms with Gasteiger partial charge in [-0.1, -0.05) is 59.6 Å². The zero-order valence-electron chi connectivity index (χ0n) is 22.4. The SMILES string of the molecule is C=Nc1cccc(-c2ccc(C(C)(C)N(CC(=O)Nc3cc(Cl)cc(Cl)c3)C(=O)CCN3CCCC3)cc2)c1. The second kappa shape index (κ2) is 12.8. The molecular formula is C31H34Cl2N4O2. The molecule has 3 aromatic rings. The van der Waals surface area contributed by atoms with Crippen LogP contribution < -0.4 is 5.32 Å². The van der Waals surface area contributed by atoms with Gasteiger partial charge in [0, 0.05) is 28.7 Å². The van der Waals surface area contributed by atoms with Gasteiger partial charge in [0.15, 0.2) is 0 Å². The molecule has 6 nitrogen and oxygen atoms in total. The third kappa shape index (κ3) is 7.47. The van der Waals surface area contributed by atoms with Gasteiger partial charge in [0.25, 0.3) is 0 Å². The average Bonchev–Trinajstić information content (AvgIpc) is 3.43. The molecule has 0 spiro atoms. The van der Waals surface area contributed by atoms with Crippen LogP contribution >= 0.6 is 23.2 Å². The molecule has 1 fully saturated rings. The first-order valence-electron chi connectivity index (χ1n) is 13.1. The molecule has 8 heteroatoms. The molecule has 0 unspecified atom stereocenters. The molecular weight excluding hydrogens is 531 g/mol. The van der Waals surface area contributed by atoms with E-state index in [4.69, 9.17) is 23.2 Å². The summed E-state index contributed by atoms with van der Waals surface area (Å²) in [6.07, 6.45) is 2.66. The fraction of sp³-hybridized carbons (Fsp3) is 0.323. The number of halogens is 2. The Labute approximate surface area is 240 Å². The number of hydrogen-bond acceptors (Lipinski definition) is 4. The molecule has 0 radical (unpaired) electrons. The lowest BCUT2D eigenvalue weighted by Gasteiger charge is -2.39. The molecule has 1 aliphatic heterocycles. The van der Waals surface area contributed by atoms with Gasteiger partial charge in [-0.05, 0) is 93.5 Å².